The maximum Gasteiger partial charge on any atom is 0.222 e. The van der Waals surface area contributed by atoms with Crippen LogP contribution in [0, 0.1) is 0 Å². The zero-order chi connectivity index (χ0) is 14.6. The molecule has 0 radical (unpaired) electrons. The third kappa shape index (κ3) is 3.95. The maximum atomic E-state index is 5.67. The lowest BCUT2D eigenvalue weighted by atomic mass is 9.92. The second-order valence-electron chi connectivity index (χ2n) is 5.93. The van der Waals surface area contributed by atoms with Crippen molar-refractivity contribution in [3.63, 3.8) is 0 Å². The molecular formula is C16H22N4. The summed E-state index contributed by atoms with van der Waals surface area (Å²) in [6, 6.07) is 9.90. The van der Waals surface area contributed by atoms with Crippen LogP contribution in [0.5, 0.6) is 0 Å². The van der Waals surface area contributed by atoms with Crippen LogP contribution in [0.25, 0.3) is 0 Å². The van der Waals surface area contributed by atoms with E-state index in [-0.39, 0.29) is 5.41 Å². The number of hydrogen-bond donors (Lipinski definition) is 2. The van der Waals surface area contributed by atoms with Crippen molar-refractivity contribution in [2.45, 2.75) is 32.6 Å². The van der Waals surface area contributed by atoms with E-state index < -0.39 is 0 Å². The molecule has 0 aliphatic carbocycles. The molecule has 0 bridgehead atoms. The molecule has 20 heavy (non-hydrogen) atoms. The van der Waals surface area contributed by atoms with Gasteiger partial charge in [0, 0.05) is 23.8 Å². The number of nitrogen functional groups attached to an aromatic ring is 1. The Morgan fingerprint density at radius 1 is 1.10 bits per heavy atom. The smallest absolute Gasteiger partial charge is 0.222 e. The van der Waals surface area contributed by atoms with Gasteiger partial charge in [-0.25, -0.2) is 9.97 Å². The van der Waals surface area contributed by atoms with Crippen molar-refractivity contribution in [1.29, 1.82) is 0 Å². The summed E-state index contributed by atoms with van der Waals surface area (Å²) < 4.78 is 0. The van der Waals surface area contributed by atoms with Crippen LogP contribution >= 0.6 is 0 Å². The van der Waals surface area contributed by atoms with Gasteiger partial charge in [-0.1, -0.05) is 32.9 Å². The van der Waals surface area contributed by atoms with E-state index >= 15 is 0 Å². The number of hydrogen-bond acceptors (Lipinski definition) is 4. The van der Waals surface area contributed by atoms with Crippen molar-refractivity contribution in [2.24, 2.45) is 0 Å². The highest BCUT2D eigenvalue weighted by Crippen LogP contribution is 2.20. The van der Waals surface area contributed by atoms with Gasteiger partial charge in [0.15, 0.2) is 0 Å². The lowest BCUT2D eigenvalue weighted by Gasteiger charge is -2.18. The molecule has 1 aromatic heterocycles. The van der Waals surface area contributed by atoms with Gasteiger partial charge >= 0.3 is 0 Å². The van der Waals surface area contributed by atoms with Crippen LogP contribution in [0.15, 0.2) is 36.5 Å². The summed E-state index contributed by atoms with van der Waals surface area (Å²) in [5.74, 6) is 0.688. The van der Waals surface area contributed by atoms with Crippen LogP contribution < -0.4 is 11.1 Å². The normalized spacial score (nSPS) is 11.3. The minimum absolute atomic E-state index is 0.0380. The fourth-order valence-corrected chi connectivity index (χ4v) is 1.86. The number of benzene rings is 1. The molecular weight excluding hydrogens is 248 g/mol. The molecule has 0 amide bonds. The molecule has 0 saturated carbocycles. The fraction of sp³-hybridized carbons (Fsp3) is 0.375. The Morgan fingerprint density at radius 3 is 2.45 bits per heavy atom. The highest BCUT2D eigenvalue weighted by Gasteiger charge is 2.15. The highest BCUT2D eigenvalue weighted by atomic mass is 15.1. The lowest BCUT2D eigenvalue weighted by molar-refractivity contribution is 0.567. The Hall–Kier alpha value is -2.10. The summed E-state index contributed by atoms with van der Waals surface area (Å²) >= 11 is 0. The highest BCUT2D eigenvalue weighted by molar-refractivity contribution is 5.39. The second-order valence-corrected chi connectivity index (χ2v) is 5.93. The molecule has 0 fully saturated rings. The minimum Gasteiger partial charge on any atom is -0.399 e. The Labute approximate surface area is 120 Å². The number of nitrogens with one attached hydrogen (secondary N) is 1. The summed E-state index contributed by atoms with van der Waals surface area (Å²) in [7, 11) is 0. The molecule has 0 saturated heterocycles. The molecule has 0 unspecified atom stereocenters. The predicted octanol–water partition coefficient (Wildman–Crippen LogP) is 3.01. The Kier molecular flexibility index (Phi) is 4.23. The number of aromatic nitrogens is 2. The van der Waals surface area contributed by atoms with Gasteiger partial charge in [0.2, 0.25) is 5.95 Å². The standard InChI is InChI=1S/C16H22N4/c1-16(2,3)14-9-11-19-15(20-14)18-10-8-12-4-6-13(17)7-5-12/h4-7,9,11H,8,10,17H2,1-3H3,(H,18,19,20). The Morgan fingerprint density at radius 2 is 1.80 bits per heavy atom. The van der Waals surface area contributed by atoms with Gasteiger partial charge in [0.1, 0.15) is 0 Å². The first-order chi connectivity index (χ1) is 9.45. The van der Waals surface area contributed by atoms with Crippen LogP contribution in [0.2, 0.25) is 0 Å². The van der Waals surface area contributed by atoms with Gasteiger partial charge in [0.05, 0.1) is 5.69 Å². The van der Waals surface area contributed by atoms with E-state index in [1.807, 2.05) is 30.3 Å². The summed E-state index contributed by atoms with van der Waals surface area (Å²) in [6.07, 6.45) is 2.72. The first kappa shape index (κ1) is 14.3. The number of nitrogens with two attached hydrogens (primary N) is 1. The van der Waals surface area contributed by atoms with Crippen molar-refractivity contribution in [3.05, 3.63) is 47.8 Å². The van der Waals surface area contributed by atoms with Gasteiger partial charge < -0.3 is 11.1 Å². The first-order valence-corrected chi connectivity index (χ1v) is 6.87. The lowest BCUT2D eigenvalue weighted by Crippen LogP contribution is -2.16. The maximum absolute atomic E-state index is 5.67. The minimum atomic E-state index is 0.0380. The fourth-order valence-electron chi connectivity index (χ4n) is 1.86. The van der Waals surface area contributed by atoms with Crippen LogP contribution in [0.4, 0.5) is 11.6 Å². The zero-order valence-electron chi connectivity index (χ0n) is 12.4. The molecule has 4 heteroatoms. The number of rotatable bonds is 4. The summed E-state index contributed by atoms with van der Waals surface area (Å²) in [5.41, 5.74) is 8.79. The molecule has 0 spiro atoms. The number of anilines is 2. The second kappa shape index (κ2) is 5.90. The molecule has 4 nitrogen and oxygen atoms in total. The average Bonchev–Trinajstić information content (AvgIpc) is 2.40. The van der Waals surface area contributed by atoms with Gasteiger partial charge in [-0.3, -0.25) is 0 Å². The molecule has 2 rings (SSSR count). The van der Waals surface area contributed by atoms with Crippen LogP contribution in [-0.4, -0.2) is 16.5 Å². The van der Waals surface area contributed by atoms with Crippen molar-refractivity contribution in [2.75, 3.05) is 17.6 Å². The van der Waals surface area contributed by atoms with Crippen molar-refractivity contribution >= 4 is 11.6 Å². The van der Waals surface area contributed by atoms with E-state index in [1.54, 1.807) is 6.20 Å². The van der Waals surface area contributed by atoms with Crippen molar-refractivity contribution in [3.8, 4) is 0 Å². The van der Waals surface area contributed by atoms with E-state index in [4.69, 9.17) is 5.73 Å². The molecule has 0 aliphatic rings. The van der Waals surface area contributed by atoms with Crippen LogP contribution in [0.1, 0.15) is 32.0 Å². The average molecular weight is 270 g/mol. The Balaban J connectivity index is 1.93. The quantitative estimate of drug-likeness (QED) is 0.838. The van der Waals surface area contributed by atoms with Crippen molar-refractivity contribution < 1.29 is 0 Å². The SMILES string of the molecule is CC(C)(C)c1ccnc(NCCc2ccc(N)cc2)n1. The van der Waals surface area contributed by atoms with Crippen molar-refractivity contribution in [1.82, 2.24) is 9.97 Å². The van der Waals surface area contributed by atoms with E-state index in [9.17, 15) is 0 Å². The molecule has 1 heterocycles. The largest absolute Gasteiger partial charge is 0.399 e. The molecule has 0 aliphatic heterocycles. The van der Waals surface area contributed by atoms with Gasteiger partial charge in [-0.05, 0) is 30.2 Å². The van der Waals surface area contributed by atoms with E-state index in [2.05, 4.69) is 36.1 Å². The molecule has 3 N–H and O–H groups in total. The third-order valence-corrected chi connectivity index (χ3v) is 3.10. The summed E-state index contributed by atoms with van der Waals surface area (Å²) in [5, 5.41) is 3.27. The van der Waals surface area contributed by atoms with E-state index in [1.165, 1.54) is 5.56 Å². The van der Waals surface area contributed by atoms with Gasteiger partial charge in [0.25, 0.3) is 0 Å². The van der Waals surface area contributed by atoms with Gasteiger partial charge in [-0.15, -0.1) is 0 Å². The topological polar surface area (TPSA) is 63.8 Å². The molecule has 0 atom stereocenters. The van der Waals surface area contributed by atoms with E-state index in [0.29, 0.717) is 5.95 Å². The summed E-state index contributed by atoms with van der Waals surface area (Å²) in [6.45, 7) is 7.24. The predicted molar refractivity (Wildman–Crippen MR) is 83.8 cm³/mol. The Bertz CT molecular complexity index is 555. The summed E-state index contributed by atoms with van der Waals surface area (Å²) in [4.78, 5) is 8.80. The van der Waals surface area contributed by atoms with Gasteiger partial charge in [-0.2, -0.15) is 0 Å². The van der Waals surface area contributed by atoms with Crippen LogP contribution in [-0.2, 0) is 11.8 Å². The molecule has 2 aromatic rings. The monoisotopic (exact) mass is 270 g/mol. The number of nitrogens with zero attached hydrogens (tertiary/aromatic N) is 2. The molecule has 1 aromatic carbocycles. The third-order valence-electron chi connectivity index (χ3n) is 3.10. The van der Waals surface area contributed by atoms with Crippen LogP contribution in [0.3, 0.4) is 0 Å². The van der Waals surface area contributed by atoms with E-state index in [0.717, 1.165) is 24.3 Å². The zero-order valence-corrected chi connectivity index (χ0v) is 12.4. The first-order valence-electron chi connectivity index (χ1n) is 6.87. The molecule has 106 valence electrons.